The first-order valence-corrected chi connectivity index (χ1v) is 3.32. The summed E-state index contributed by atoms with van der Waals surface area (Å²) in [6.07, 6.45) is 0. The maximum absolute atomic E-state index is 11.0. The van der Waals surface area contributed by atoms with Crippen LogP contribution in [0.15, 0.2) is 0 Å². The molecule has 10 heavy (non-hydrogen) atoms. The Balaban J connectivity index is 2.56. The fourth-order valence-corrected chi connectivity index (χ4v) is 0.838. The van der Waals surface area contributed by atoms with E-state index in [0.717, 1.165) is 0 Å². The number of hydrogen-bond donors (Lipinski definition) is 0. The van der Waals surface area contributed by atoms with Crippen LogP contribution in [0.4, 0.5) is 0 Å². The van der Waals surface area contributed by atoms with Crippen molar-refractivity contribution >= 4 is 5.78 Å². The van der Waals surface area contributed by atoms with E-state index in [2.05, 4.69) is 0 Å². The highest BCUT2D eigenvalue weighted by atomic mass is 16.7. The maximum Gasteiger partial charge on any atom is 0.146 e. The van der Waals surface area contributed by atoms with Crippen LogP contribution < -0.4 is 0 Å². The van der Waals surface area contributed by atoms with Crippen LogP contribution in [0.2, 0.25) is 0 Å². The van der Waals surface area contributed by atoms with Crippen LogP contribution >= 0.6 is 0 Å². The Hall–Kier alpha value is -0.410. The van der Waals surface area contributed by atoms with Crippen molar-refractivity contribution in [2.24, 2.45) is 5.41 Å². The van der Waals surface area contributed by atoms with Gasteiger partial charge in [-0.2, -0.15) is 0 Å². The number of carbonyl (C=O) groups excluding carboxylic acids is 1. The van der Waals surface area contributed by atoms with Gasteiger partial charge in [-0.05, 0) is 13.8 Å². The first-order chi connectivity index (χ1) is 4.65. The Morgan fingerprint density at radius 1 is 1.40 bits per heavy atom. The van der Waals surface area contributed by atoms with Crippen molar-refractivity contribution in [2.75, 3.05) is 20.0 Å². The van der Waals surface area contributed by atoms with E-state index in [4.69, 9.17) is 9.47 Å². The van der Waals surface area contributed by atoms with E-state index in [-0.39, 0.29) is 5.78 Å². The Morgan fingerprint density at radius 2 is 1.90 bits per heavy atom. The molecule has 0 spiro atoms. The highest BCUT2D eigenvalue weighted by Gasteiger charge is 2.33. The van der Waals surface area contributed by atoms with Gasteiger partial charge in [-0.15, -0.1) is 0 Å². The molecule has 3 heteroatoms. The summed E-state index contributed by atoms with van der Waals surface area (Å²) in [6.45, 7) is 4.72. The van der Waals surface area contributed by atoms with Crippen molar-refractivity contribution in [3.05, 3.63) is 0 Å². The van der Waals surface area contributed by atoms with Crippen LogP contribution in [-0.4, -0.2) is 25.8 Å². The van der Waals surface area contributed by atoms with E-state index < -0.39 is 5.41 Å². The molecule has 1 aliphatic rings. The molecule has 1 heterocycles. The molecule has 0 N–H and O–H groups in total. The Morgan fingerprint density at radius 3 is 2.20 bits per heavy atom. The van der Waals surface area contributed by atoms with Crippen molar-refractivity contribution in [3.8, 4) is 0 Å². The zero-order valence-corrected chi connectivity index (χ0v) is 6.35. The lowest BCUT2D eigenvalue weighted by Crippen LogP contribution is -2.40. The van der Waals surface area contributed by atoms with E-state index in [1.165, 1.54) is 0 Å². The van der Waals surface area contributed by atoms with Gasteiger partial charge in [-0.1, -0.05) is 0 Å². The van der Waals surface area contributed by atoms with Crippen LogP contribution in [0.1, 0.15) is 13.8 Å². The molecular weight excluding hydrogens is 132 g/mol. The maximum atomic E-state index is 11.0. The summed E-state index contributed by atoms with van der Waals surface area (Å²) in [6, 6.07) is 0. The van der Waals surface area contributed by atoms with Gasteiger partial charge in [-0.25, -0.2) is 0 Å². The fourth-order valence-electron chi connectivity index (χ4n) is 0.838. The van der Waals surface area contributed by atoms with Gasteiger partial charge in [0.1, 0.15) is 12.6 Å². The number of ketones is 1. The molecule has 0 aromatic rings. The zero-order valence-electron chi connectivity index (χ0n) is 6.35. The van der Waals surface area contributed by atoms with Crippen molar-refractivity contribution in [1.29, 1.82) is 0 Å². The molecule has 0 amide bonds. The molecule has 1 fully saturated rings. The predicted molar refractivity (Wildman–Crippen MR) is 35.6 cm³/mol. The van der Waals surface area contributed by atoms with Crippen molar-refractivity contribution < 1.29 is 14.3 Å². The summed E-state index contributed by atoms with van der Waals surface area (Å²) in [5.74, 6) is 0.132. The third-order valence-corrected chi connectivity index (χ3v) is 1.86. The van der Waals surface area contributed by atoms with Gasteiger partial charge in [0.15, 0.2) is 0 Å². The lowest BCUT2D eigenvalue weighted by Gasteiger charge is -2.30. The summed E-state index contributed by atoms with van der Waals surface area (Å²) >= 11 is 0. The normalized spacial score (nSPS) is 24.2. The predicted octanol–water partition coefficient (Wildman–Crippen LogP) is 0.586. The summed E-state index contributed by atoms with van der Waals surface area (Å²) in [7, 11) is 0. The molecule has 0 saturated carbocycles. The van der Waals surface area contributed by atoms with Crippen LogP contribution in [0, 0.1) is 5.41 Å². The first kappa shape index (κ1) is 7.69. The van der Waals surface area contributed by atoms with E-state index in [1.54, 1.807) is 6.92 Å². The molecule has 58 valence electrons. The molecule has 1 aliphatic heterocycles. The molecule has 0 aromatic heterocycles. The molecule has 0 atom stereocenters. The van der Waals surface area contributed by atoms with Crippen LogP contribution in [0.25, 0.3) is 0 Å². The highest BCUT2D eigenvalue weighted by molar-refractivity contribution is 5.82. The second kappa shape index (κ2) is 2.68. The Kier molecular flexibility index (Phi) is 2.06. The standard InChI is InChI=1S/C7H12O3/c1-6(8)7(2)3-9-5-10-4-7/h3-5H2,1-2H3. The van der Waals surface area contributed by atoms with Gasteiger partial charge in [0, 0.05) is 0 Å². The lowest BCUT2D eigenvalue weighted by molar-refractivity contribution is -0.170. The zero-order chi connectivity index (χ0) is 7.61. The second-order valence-corrected chi connectivity index (χ2v) is 2.93. The summed E-state index contributed by atoms with van der Waals surface area (Å²) in [5.41, 5.74) is -0.405. The molecule has 1 rings (SSSR count). The van der Waals surface area contributed by atoms with Gasteiger partial charge in [-0.3, -0.25) is 4.79 Å². The molecule has 0 radical (unpaired) electrons. The van der Waals surface area contributed by atoms with E-state index in [9.17, 15) is 4.79 Å². The van der Waals surface area contributed by atoms with Crippen molar-refractivity contribution in [1.82, 2.24) is 0 Å². The van der Waals surface area contributed by atoms with Gasteiger partial charge >= 0.3 is 0 Å². The summed E-state index contributed by atoms with van der Waals surface area (Å²) < 4.78 is 10.0. The molecule has 0 bridgehead atoms. The minimum Gasteiger partial charge on any atom is -0.354 e. The molecule has 0 aliphatic carbocycles. The van der Waals surface area contributed by atoms with E-state index in [0.29, 0.717) is 20.0 Å². The van der Waals surface area contributed by atoms with Crippen LogP contribution in [0.5, 0.6) is 0 Å². The molecular formula is C7H12O3. The molecule has 0 aromatic carbocycles. The fraction of sp³-hybridized carbons (Fsp3) is 0.857. The van der Waals surface area contributed by atoms with Gasteiger partial charge in [0.2, 0.25) is 0 Å². The number of ether oxygens (including phenoxy) is 2. The van der Waals surface area contributed by atoms with Gasteiger partial charge in [0.05, 0.1) is 18.6 Å². The first-order valence-electron chi connectivity index (χ1n) is 3.32. The minimum atomic E-state index is -0.405. The number of hydrogen-bond acceptors (Lipinski definition) is 3. The van der Waals surface area contributed by atoms with Crippen molar-refractivity contribution in [2.45, 2.75) is 13.8 Å². The summed E-state index contributed by atoms with van der Waals surface area (Å²) in [5, 5.41) is 0. The second-order valence-electron chi connectivity index (χ2n) is 2.93. The Bertz CT molecular complexity index is 136. The average Bonchev–Trinajstić information content (AvgIpc) is 1.89. The minimum absolute atomic E-state index is 0.132. The number of rotatable bonds is 1. The van der Waals surface area contributed by atoms with Gasteiger partial charge < -0.3 is 9.47 Å². The lowest BCUT2D eigenvalue weighted by atomic mass is 9.88. The van der Waals surface area contributed by atoms with E-state index in [1.807, 2.05) is 6.92 Å². The quantitative estimate of drug-likeness (QED) is 0.540. The van der Waals surface area contributed by atoms with Crippen LogP contribution in [0.3, 0.4) is 0 Å². The van der Waals surface area contributed by atoms with Crippen LogP contribution in [-0.2, 0) is 14.3 Å². The van der Waals surface area contributed by atoms with Gasteiger partial charge in [0.25, 0.3) is 0 Å². The smallest absolute Gasteiger partial charge is 0.146 e. The largest absolute Gasteiger partial charge is 0.354 e. The molecule has 3 nitrogen and oxygen atoms in total. The SMILES string of the molecule is CC(=O)C1(C)COCOC1. The van der Waals surface area contributed by atoms with Crippen molar-refractivity contribution in [3.63, 3.8) is 0 Å². The number of carbonyl (C=O) groups is 1. The monoisotopic (exact) mass is 144 g/mol. The third kappa shape index (κ3) is 1.36. The Labute approximate surface area is 60.3 Å². The number of Topliss-reactive ketones (excluding diaryl/α,β-unsaturated/α-hetero) is 1. The molecule has 1 saturated heterocycles. The van der Waals surface area contributed by atoms with E-state index >= 15 is 0 Å². The molecule has 0 unspecified atom stereocenters. The summed E-state index contributed by atoms with van der Waals surface area (Å²) in [4.78, 5) is 11.0. The average molecular weight is 144 g/mol. The topological polar surface area (TPSA) is 35.5 Å². The highest BCUT2D eigenvalue weighted by Crippen LogP contribution is 2.21. The third-order valence-electron chi connectivity index (χ3n) is 1.86.